The fourth-order valence-corrected chi connectivity index (χ4v) is 0.925. The molecule has 0 atom stereocenters. The maximum atomic E-state index is 5.63. The second-order valence-corrected chi connectivity index (χ2v) is 2.79. The smallest absolute Gasteiger partial charge is 0.127 e. The van der Waals surface area contributed by atoms with Crippen LogP contribution >= 0.6 is 0 Å². The molecule has 0 saturated carbocycles. The molecule has 1 aromatic rings. The van der Waals surface area contributed by atoms with Crippen molar-refractivity contribution in [2.75, 3.05) is 19.8 Å². The second kappa shape index (κ2) is 3.34. The first-order valence-electron chi connectivity index (χ1n) is 3.54. The average molecular weight is 151 g/mol. The fraction of sp³-hybridized carbons (Fsp3) is 0.375. The molecular weight excluding hydrogens is 138 g/mol. The van der Waals surface area contributed by atoms with E-state index in [1.165, 1.54) is 0 Å². The second-order valence-electron chi connectivity index (χ2n) is 2.79. The molecule has 0 aliphatic rings. The zero-order valence-electron chi connectivity index (χ0n) is 6.91. The van der Waals surface area contributed by atoms with E-state index in [4.69, 9.17) is 5.73 Å². The average Bonchev–Trinajstić information content (AvgIpc) is 1.93. The predicted octanol–water partition coefficient (Wildman–Crippen LogP) is 0.725. The van der Waals surface area contributed by atoms with Crippen LogP contribution in [0.25, 0.3) is 0 Å². The van der Waals surface area contributed by atoms with Crippen LogP contribution in [-0.4, -0.2) is 24.0 Å². The van der Waals surface area contributed by atoms with Gasteiger partial charge in [0.1, 0.15) is 5.82 Å². The summed E-state index contributed by atoms with van der Waals surface area (Å²) in [5, 5.41) is 0. The number of hydrogen-bond donors (Lipinski definition) is 1. The number of anilines is 1. The third kappa shape index (κ3) is 2.20. The van der Waals surface area contributed by atoms with Crippen LogP contribution in [0.15, 0.2) is 18.3 Å². The summed E-state index contributed by atoms with van der Waals surface area (Å²) >= 11 is 0. The van der Waals surface area contributed by atoms with Crippen LogP contribution in [0.1, 0.15) is 5.56 Å². The van der Waals surface area contributed by atoms with Gasteiger partial charge in [-0.2, -0.15) is 0 Å². The Kier molecular flexibility index (Phi) is 2.44. The normalized spacial score (nSPS) is 10.5. The van der Waals surface area contributed by atoms with Crippen molar-refractivity contribution >= 4 is 5.82 Å². The number of pyridine rings is 1. The Morgan fingerprint density at radius 1 is 1.55 bits per heavy atom. The molecule has 0 unspecified atom stereocenters. The molecule has 1 heterocycles. The quantitative estimate of drug-likeness (QED) is 0.677. The molecule has 1 rings (SSSR count). The Bertz CT molecular complexity index is 233. The van der Waals surface area contributed by atoms with Gasteiger partial charge in [0.25, 0.3) is 0 Å². The van der Waals surface area contributed by atoms with E-state index in [9.17, 15) is 0 Å². The lowest BCUT2D eigenvalue weighted by atomic mass is 10.2. The molecule has 0 bridgehead atoms. The molecular formula is C8H13N3. The third-order valence-electron chi connectivity index (χ3n) is 1.41. The Morgan fingerprint density at radius 3 is 2.82 bits per heavy atom. The highest BCUT2D eigenvalue weighted by atomic mass is 15.1. The summed E-state index contributed by atoms with van der Waals surface area (Å²) in [6, 6.07) is 3.89. The summed E-state index contributed by atoms with van der Waals surface area (Å²) in [4.78, 5) is 6.05. The molecule has 1 aromatic heterocycles. The summed E-state index contributed by atoms with van der Waals surface area (Å²) in [5.74, 6) is 0.626. The molecule has 11 heavy (non-hydrogen) atoms. The first kappa shape index (κ1) is 8.01. The zero-order valence-corrected chi connectivity index (χ0v) is 6.91. The Morgan fingerprint density at radius 2 is 2.27 bits per heavy atom. The van der Waals surface area contributed by atoms with Gasteiger partial charge in [-0.3, -0.25) is 0 Å². The Hall–Kier alpha value is -1.09. The van der Waals surface area contributed by atoms with Crippen molar-refractivity contribution < 1.29 is 0 Å². The van der Waals surface area contributed by atoms with Gasteiger partial charge in [0.2, 0.25) is 0 Å². The number of hydrogen-bond acceptors (Lipinski definition) is 3. The molecule has 3 heteroatoms. The molecule has 0 radical (unpaired) electrons. The van der Waals surface area contributed by atoms with E-state index in [1.807, 2.05) is 26.2 Å². The SMILES string of the molecule is CN(C)Cc1cccnc1N. The van der Waals surface area contributed by atoms with Crippen LogP contribution in [0.3, 0.4) is 0 Å². The van der Waals surface area contributed by atoms with Crippen molar-refractivity contribution in [1.82, 2.24) is 9.88 Å². The van der Waals surface area contributed by atoms with Crippen molar-refractivity contribution in [3.05, 3.63) is 23.9 Å². The molecule has 0 aliphatic heterocycles. The largest absolute Gasteiger partial charge is 0.383 e. The van der Waals surface area contributed by atoms with Crippen LogP contribution in [0.5, 0.6) is 0 Å². The van der Waals surface area contributed by atoms with E-state index < -0.39 is 0 Å². The summed E-state index contributed by atoms with van der Waals surface area (Å²) in [6.07, 6.45) is 1.70. The summed E-state index contributed by atoms with van der Waals surface area (Å²) in [6.45, 7) is 0.847. The molecule has 0 amide bonds. The molecule has 0 saturated heterocycles. The number of nitrogen functional groups attached to an aromatic ring is 1. The van der Waals surface area contributed by atoms with Gasteiger partial charge in [-0.05, 0) is 20.2 Å². The molecule has 3 nitrogen and oxygen atoms in total. The number of aromatic nitrogens is 1. The van der Waals surface area contributed by atoms with E-state index in [2.05, 4.69) is 9.88 Å². The van der Waals surface area contributed by atoms with Crippen LogP contribution in [-0.2, 0) is 6.54 Å². The van der Waals surface area contributed by atoms with Gasteiger partial charge in [-0.15, -0.1) is 0 Å². The van der Waals surface area contributed by atoms with Gasteiger partial charge in [-0.25, -0.2) is 4.98 Å². The lowest BCUT2D eigenvalue weighted by Gasteiger charge is -2.10. The third-order valence-corrected chi connectivity index (χ3v) is 1.41. The van der Waals surface area contributed by atoms with Crippen molar-refractivity contribution in [1.29, 1.82) is 0 Å². The van der Waals surface area contributed by atoms with E-state index in [0.717, 1.165) is 12.1 Å². The fourth-order valence-electron chi connectivity index (χ4n) is 0.925. The highest BCUT2D eigenvalue weighted by Crippen LogP contribution is 2.07. The van der Waals surface area contributed by atoms with Crippen molar-refractivity contribution in [2.45, 2.75) is 6.54 Å². The van der Waals surface area contributed by atoms with Gasteiger partial charge in [-0.1, -0.05) is 6.07 Å². The molecule has 0 aromatic carbocycles. The minimum absolute atomic E-state index is 0.626. The lowest BCUT2D eigenvalue weighted by Crippen LogP contribution is -2.12. The summed E-state index contributed by atoms with van der Waals surface area (Å²) < 4.78 is 0. The van der Waals surface area contributed by atoms with Gasteiger partial charge in [0.15, 0.2) is 0 Å². The molecule has 2 N–H and O–H groups in total. The van der Waals surface area contributed by atoms with Crippen LogP contribution in [0.2, 0.25) is 0 Å². The molecule has 0 fully saturated rings. The topological polar surface area (TPSA) is 42.2 Å². The van der Waals surface area contributed by atoms with Crippen molar-refractivity contribution in [2.24, 2.45) is 0 Å². The summed E-state index contributed by atoms with van der Waals surface area (Å²) in [5.41, 5.74) is 6.71. The van der Waals surface area contributed by atoms with Crippen molar-refractivity contribution in [3.8, 4) is 0 Å². The minimum atomic E-state index is 0.626. The Labute approximate surface area is 66.8 Å². The molecule has 0 spiro atoms. The van der Waals surface area contributed by atoms with Gasteiger partial charge < -0.3 is 10.6 Å². The zero-order chi connectivity index (χ0) is 8.27. The number of nitrogens with two attached hydrogens (primary N) is 1. The number of nitrogens with zero attached hydrogens (tertiary/aromatic N) is 2. The molecule has 60 valence electrons. The maximum Gasteiger partial charge on any atom is 0.127 e. The van der Waals surface area contributed by atoms with E-state index in [1.54, 1.807) is 6.20 Å². The first-order valence-corrected chi connectivity index (χ1v) is 3.54. The highest BCUT2D eigenvalue weighted by Gasteiger charge is 1.98. The van der Waals surface area contributed by atoms with Gasteiger partial charge >= 0.3 is 0 Å². The highest BCUT2D eigenvalue weighted by molar-refractivity contribution is 5.38. The van der Waals surface area contributed by atoms with Gasteiger partial charge in [0, 0.05) is 18.3 Å². The minimum Gasteiger partial charge on any atom is -0.383 e. The maximum absolute atomic E-state index is 5.63. The van der Waals surface area contributed by atoms with Crippen molar-refractivity contribution in [3.63, 3.8) is 0 Å². The first-order chi connectivity index (χ1) is 5.20. The molecule has 0 aliphatic carbocycles. The van der Waals surface area contributed by atoms with Crippen LogP contribution in [0, 0.1) is 0 Å². The predicted molar refractivity (Wildman–Crippen MR) is 46.0 cm³/mol. The lowest BCUT2D eigenvalue weighted by molar-refractivity contribution is 0.403. The van der Waals surface area contributed by atoms with Gasteiger partial charge in [0.05, 0.1) is 0 Å². The van der Waals surface area contributed by atoms with Crippen LogP contribution in [0.4, 0.5) is 5.82 Å². The standard InChI is InChI=1S/C8H13N3/c1-11(2)6-7-4-3-5-10-8(7)9/h3-5H,6H2,1-2H3,(H2,9,10). The van der Waals surface area contributed by atoms with E-state index in [-0.39, 0.29) is 0 Å². The Balaban J connectivity index is 2.78. The van der Waals surface area contributed by atoms with E-state index >= 15 is 0 Å². The summed E-state index contributed by atoms with van der Waals surface area (Å²) in [7, 11) is 4.01. The van der Waals surface area contributed by atoms with Crippen LogP contribution < -0.4 is 5.73 Å². The van der Waals surface area contributed by atoms with E-state index in [0.29, 0.717) is 5.82 Å². The monoisotopic (exact) mass is 151 g/mol. The number of rotatable bonds is 2.